The molecule has 3 N–H and O–H groups in total. The molecule has 1 aliphatic rings. The van der Waals surface area contributed by atoms with Crippen molar-refractivity contribution >= 4 is 34.1 Å². The highest BCUT2D eigenvalue weighted by molar-refractivity contribution is 6.31. The van der Waals surface area contributed by atoms with Crippen molar-refractivity contribution in [2.24, 2.45) is 0 Å². The molecule has 0 radical (unpaired) electrons. The van der Waals surface area contributed by atoms with Crippen LogP contribution in [0.2, 0.25) is 5.02 Å². The second kappa shape index (κ2) is 9.53. The molecule has 3 aromatic rings. The van der Waals surface area contributed by atoms with E-state index in [1.165, 1.54) is 18.2 Å². The van der Waals surface area contributed by atoms with Crippen molar-refractivity contribution in [1.82, 2.24) is 9.88 Å². The monoisotopic (exact) mass is 471 g/mol. The maximum Gasteiger partial charge on any atom is 0.322 e. The lowest BCUT2D eigenvalue weighted by Gasteiger charge is -2.39. The van der Waals surface area contributed by atoms with Gasteiger partial charge in [0.15, 0.2) is 0 Å². The molecular weight excluding hydrogens is 445 g/mol. The number of halogens is 2. The predicted molar refractivity (Wildman–Crippen MR) is 128 cm³/mol. The highest BCUT2D eigenvalue weighted by Gasteiger charge is 2.35. The molecule has 2 aromatic carbocycles. The Morgan fingerprint density at radius 2 is 1.91 bits per heavy atom. The first kappa shape index (κ1) is 23.3. The summed E-state index contributed by atoms with van der Waals surface area (Å²) < 4.78 is 13.6. The molecule has 1 fully saturated rings. The summed E-state index contributed by atoms with van der Waals surface area (Å²) in [5, 5.41) is 15.2. The molecule has 1 atom stereocenters. The first-order chi connectivity index (χ1) is 15.8. The van der Waals surface area contributed by atoms with E-state index >= 15 is 0 Å². The fourth-order valence-electron chi connectivity index (χ4n) is 4.58. The van der Waals surface area contributed by atoms with E-state index in [1.807, 2.05) is 19.1 Å². The molecule has 2 amide bonds. The molecule has 0 spiro atoms. The third-order valence-electron chi connectivity index (χ3n) is 6.44. The number of fused-ring (bicyclic) bond motifs is 1. The van der Waals surface area contributed by atoms with Crippen LogP contribution >= 0.6 is 11.6 Å². The van der Waals surface area contributed by atoms with Gasteiger partial charge in [0.2, 0.25) is 0 Å². The number of hydrogen-bond acceptors (Lipinski definition) is 3. The predicted octanol–water partition coefficient (Wildman–Crippen LogP) is 5.61. The van der Waals surface area contributed by atoms with Gasteiger partial charge in [0, 0.05) is 17.3 Å². The molecule has 1 heterocycles. The first-order valence-electron chi connectivity index (χ1n) is 11.1. The topological polar surface area (TPSA) is 85.4 Å². The van der Waals surface area contributed by atoms with Gasteiger partial charge >= 0.3 is 6.03 Å². The zero-order valence-electron chi connectivity index (χ0n) is 18.4. The Balaban J connectivity index is 1.70. The molecule has 0 aliphatic heterocycles. The van der Waals surface area contributed by atoms with Crippen LogP contribution in [-0.2, 0) is 0 Å². The highest BCUT2D eigenvalue weighted by Crippen LogP contribution is 2.33. The molecule has 174 valence electrons. The number of carbonyl (C=O) groups excluding carboxylic acids is 1. The van der Waals surface area contributed by atoms with E-state index in [-0.39, 0.29) is 17.1 Å². The number of rotatable bonds is 5. The van der Waals surface area contributed by atoms with E-state index < -0.39 is 23.5 Å². The Bertz CT molecular complexity index is 1220. The fourth-order valence-corrected chi connectivity index (χ4v) is 4.76. The van der Waals surface area contributed by atoms with Crippen LogP contribution in [-0.4, -0.2) is 33.2 Å². The molecule has 1 unspecified atom stereocenters. The van der Waals surface area contributed by atoms with Gasteiger partial charge in [0.25, 0.3) is 5.56 Å². The lowest BCUT2D eigenvalue weighted by Crippen LogP contribution is -2.49. The smallest absolute Gasteiger partial charge is 0.322 e. The maximum absolute atomic E-state index is 13.6. The summed E-state index contributed by atoms with van der Waals surface area (Å²) in [5.41, 5.74) is -0.0886. The van der Waals surface area contributed by atoms with Gasteiger partial charge in [-0.15, -0.1) is 0 Å². The lowest BCUT2D eigenvalue weighted by molar-refractivity contribution is -0.0226. The van der Waals surface area contributed by atoms with Crippen LogP contribution in [0.4, 0.5) is 14.9 Å². The van der Waals surface area contributed by atoms with Crippen molar-refractivity contribution in [2.45, 2.75) is 50.7 Å². The van der Waals surface area contributed by atoms with E-state index in [0.29, 0.717) is 23.9 Å². The molecule has 0 bridgehead atoms. The second-order valence-electron chi connectivity index (χ2n) is 8.77. The van der Waals surface area contributed by atoms with Gasteiger partial charge in [-0.3, -0.25) is 4.79 Å². The minimum atomic E-state index is -0.998. The molecule has 33 heavy (non-hydrogen) atoms. The van der Waals surface area contributed by atoms with Gasteiger partial charge in [-0.25, -0.2) is 9.18 Å². The SMILES string of the molecule is CC(c1c[nH]c(=O)c2ccccc12)N(CC1(O)CCCCC1)C(=O)Nc1ccc(F)c(Cl)c1. The number of anilines is 1. The van der Waals surface area contributed by atoms with Crippen molar-refractivity contribution < 1.29 is 14.3 Å². The van der Waals surface area contributed by atoms with Crippen molar-refractivity contribution in [3.8, 4) is 0 Å². The summed E-state index contributed by atoms with van der Waals surface area (Å²) >= 11 is 5.88. The fraction of sp³-hybridized carbons (Fsp3) is 0.360. The summed E-state index contributed by atoms with van der Waals surface area (Å²) in [5.74, 6) is -0.573. The van der Waals surface area contributed by atoms with Crippen molar-refractivity contribution in [1.29, 1.82) is 0 Å². The largest absolute Gasteiger partial charge is 0.388 e. The number of aromatic nitrogens is 1. The Hall–Kier alpha value is -2.90. The number of nitrogens with zero attached hydrogens (tertiary/aromatic N) is 1. The minimum absolute atomic E-state index is 0.0927. The van der Waals surface area contributed by atoms with E-state index in [2.05, 4.69) is 10.3 Å². The van der Waals surface area contributed by atoms with Crippen LogP contribution in [0.15, 0.2) is 53.5 Å². The molecule has 4 rings (SSSR count). The summed E-state index contributed by atoms with van der Waals surface area (Å²) in [6.07, 6.45) is 5.69. The van der Waals surface area contributed by atoms with Gasteiger partial charge in [0.1, 0.15) is 5.82 Å². The maximum atomic E-state index is 13.6. The standard InChI is InChI=1S/C25H27ClFN3O3/c1-16(20-14-28-23(31)19-8-4-3-7-18(19)20)30(15-25(33)11-5-2-6-12-25)24(32)29-17-9-10-22(27)21(26)13-17/h3-4,7-10,13-14,16,33H,2,5-6,11-12,15H2,1H3,(H,28,31)(H,29,32). The van der Waals surface area contributed by atoms with Crippen LogP contribution < -0.4 is 10.9 Å². The number of aromatic amines is 1. The third-order valence-corrected chi connectivity index (χ3v) is 6.73. The molecule has 6 nitrogen and oxygen atoms in total. The zero-order valence-corrected chi connectivity index (χ0v) is 19.2. The Labute approximate surface area is 196 Å². The summed E-state index contributed by atoms with van der Waals surface area (Å²) in [4.78, 5) is 30.1. The number of carbonyl (C=O) groups is 1. The summed E-state index contributed by atoms with van der Waals surface area (Å²) in [6, 6.07) is 10.3. The minimum Gasteiger partial charge on any atom is -0.388 e. The quantitative estimate of drug-likeness (QED) is 0.452. The summed E-state index contributed by atoms with van der Waals surface area (Å²) in [6.45, 7) is 1.99. The molecule has 1 aliphatic carbocycles. The van der Waals surface area contributed by atoms with Crippen molar-refractivity contribution in [3.63, 3.8) is 0 Å². The van der Waals surface area contributed by atoms with Crippen molar-refractivity contribution in [2.75, 3.05) is 11.9 Å². The number of pyridine rings is 1. The second-order valence-corrected chi connectivity index (χ2v) is 9.17. The number of nitrogens with one attached hydrogen (secondary N) is 2. The number of hydrogen-bond donors (Lipinski definition) is 3. The number of aliphatic hydroxyl groups is 1. The van der Waals surface area contributed by atoms with Gasteiger partial charge in [-0.1, -0.05) is 49.1 Å². The Kier molecular flexibility index (Phi) is 6.72. The van der Waals surface area contributed by atoms with E-state index in [1.54, 1.807) is 23.2 Å². The number of benzene rings is 2. The highest BCUT2D eigenvalue weighted by atomic mass is 35.5. The van der Waals surface area contributed by atoms with Crippen LogP contribution in [0.5, 0.6) is 0 Å². The molecule has 8 heteroatoms. The van der Waals surface area contributed by atoms with E-state index in [0.717, 1.165) is 30.2 Å². The Morgan fingerprint density at radius 1 is 1.21 bits per heavy atom. The summed E-state index contributed by atoms with van der Waals surface area (Å²) in [7, 11) is 0. The number of urea groups is 1. The van der Waals surface area contributed by atoms with E-state index in [9.17, 15) is 19.1 Å². The van der Waals surface area contributed by atoms with Crippen LogP contribution in [0, 0.1) is 5.82 Å². The average Bonchev–Trinajstić information content (AvgIpc) is 2.80. The molecular formula is C25H27ClFN3O3. The molecule has 0 saturated heterocycles. The Morgan fingerprint density at radius 3 is 2.61 bits per heavy atom. The zero-order chi connectivity index (χ0) is 23.6. The van der Waals surface area contributed by atoms with Gasteiger partial charge in [-0.2, -0.15) is 0 Å². The number of amides is 2. The molecule has 1 aromatic heterocycles. The van der Waals surface area contributed by atoms with Gasteiger partial charge in [-0.05, 0) is 55.0 Å². The van der Waals surface area contributed by atoms with Crippen LogP contribution in [0.25, 0.3) is 10.8 Å². The first-order valence-corrected chi connectivity index (χ1v) is 11.5. The number of H-pyrrole nitrogens is 1. The van der Waals surface area contributed by atoms with Crippen LogP contribution in [0.1, 0.15) is 50.6 Å². The lowest BCUT2D eigenvalue weighted by atomic mass is 9.84. The van der Waals surface area contributed by atoms with Crippen LogP contribution in [0.3, 0.4) is 0 Å². The van der Waals surface area contributed by atoms with Gasteiger partial charge < -0.3 is 20.3 Å². The normalized spacial score (nSPS) is 16.4. The average molecular weight is 472 g/mol. The van der Waals surface area contributed by atoms with E-state index in [4.69, 9.17) is 11.6 Å². The van der Waals surface area contributed by atoms with Gasteiger partial charge in [0.05, 0.1) is 23.2 Å². The van der Waals surface area contributed by atoms with Crippen molar-refractivity contribution in [3.05, 3.63) is 75.4 Å². The third kappa shape index (κ3) is 5.04. The molecule has 1 saturated carbocycles.